The number of aromatic nitrogens is 1. The molecule has 3 aromatic rings. The molecule has 6 nitrogen and oxygen atoms in total. The van der Waals surface area contributed by atoms with Crippen molar-refractivity contribution in [3.05, 3.63) is 75.2 Å². The lowest BCUT2D eigenvalue weighted by molar-refractivity contribution is -0.383. The second kappa shape index (κ2) is 6.52. The zero-order chi connectivity index (χ0) is 18.1. The third-order valence-corrected chi connectivity index (χ3v) is 4.22. The number of benzene rings is 2. The summed E-state index contributed by atoms with van der Waals surface area (Å²) in [5.41, 5.74) is 0.717. The van der Waals surface area contributed by atoms with Gasteiger partial charge in [0.05, 0.1) is 22.9 Å². The quantitative estimate of drug-likeness (QED) is 0.398. The zero-order valence-electron chi connectivity index (χ0n) is 13.0. The van der Waals surface area contributed by atoms with Crippen LogP contribution in [0.15, 0.2) is 48.7 Å². The molecule has 0 saturated heterocycles. The number of fused-ring (bicyclic) bond motifs is 1. The number of hydrogen-bond donors (Lipinski definition) is 0. The first-order chi connectivity index (χ1) is 11.9. The number of non-ortho nitro benzene ring substituents is 1. The molecular weight excluding hydrogens is 351 g/mol. The summed E-state index contributed by atoms with van der Waals surface area (Å²) in [5, 5.41) is 11.6. The summed E-state index contributed by atoms with van der Waals surface area (Å²) < 4.78 is 19.7. The van der Waals surface area contributed by atoms with Crippen molar-refractivity contribution in [3.63, 3.8) is 0 Å². The number of nitrogens with zero attached hydrogens (tertiary/aromatic N) is 2. The van der Waals surface area contributed by atoms with E-state index in [2.05, 4.69) is 0 Å². The number of carbonyl (C=O) groups excluding carboxylic acids is 1. The van der Waals surface area contributed by atoms with Gasteiger partial charge in [0.25, 0.3) is 5.69 Å². The largest absolute Gasteiger partial charge is 0.467 e. The molecule has 0 amide bonds. The van der Waals surface area contributed by atoms with Crippen molar-refractivity contribution in [3.8, 4) is 0 Å². The van der Waals surface area contributed by atoms with E-state index in [1.54, 1.807) is 18.3 Å². The third-order valence-electron chi connectivity index (χ3n) is 3.90. The summed E-state index contributed by atoms with van der Waals surface area (Å²) in [5.74, 6) is -1.16. The van der Waals surface area contributed by atoms with Crippen molar-refractivity contribution in [2.75, 3.05) is 7.11 Å². The van der Waals surface area contributed by atoms with E-state index in [0.29, 0.717) is 16.5 Å². The van der Waals surface area contributed by atoms with Crippen molar-refractivity contribution >= 4 is 34.2 Å². The van der Waals surface area contributed by atoms with Gasteiger partial charge in [0.2, 0.25) is 0 Å². The lowest BCUT2D eigenvalue weighted by atomic mass is 10.1. The monoisotopic (exact) mass is 362 g/mol. The van der Waals surface area contributed by atoms with E-state index < -0.39 is 22.8 Å². The minimum absolute atomic E-state index is 0.0580. The number of nitro benzene ring substituents is 1. The van der Waals surface area contributed by atoms with Crippen LogP contribution in [-0.4, -0.2) is 22.6 Å². The Morgan fingerprint density at radius 3 is 2.72 bits per heavy atom. The molecule has 3 rings (SSSR count). The van der Waals surface area contributed by atoms with Gasteiger partial charge in [-0.2, -0.15) is 0 Å². The molecule has 0 aliphatic rings. The van der Waals surface area contributed by atoms with Crippen molar-refractivity contribution in [1.82, 2.24) is 4.57 Å². The summed E-state index contributed by atoms with van der Waals surface area (Å²) in [7, 11) is 1.22. The smallest absolute Gasteiger partial charge is 0.333 e. The van der Waals surface area contributed by atoms with E-state index >= 15 is 0 Å². The van der Waals surface area contributed by atoms with Crippen LogP contribution in [0.4, 0.5) is 10.1 Å². The highest BCUT2D eigenvalue weighted by molar-refractivity contribution is 6.31. The van der Waals surface area contributed by atoms with Crippen LogP contribution in [-0.2, 0) is 9.53 Å². The fourth-order valence-electron chi connectivity index (χ4n) is 2.78. The Bertz CT molecular complexity index is 986. The van der Waals surface area contributed by atoms with Gasteiger partial charge >= 0.3 is 5.97 Å². The predicted molar refractivity (Wildman–Crippen MR) is 90.2 cm³/mol. The SMILES string of the molecule is COC(=O)C(c1ccc(F)cc1Cl)n1ccc2c([N+](=O)[O-])cccc21. The number of nitro groups is 1. The fraction of sp³-hybridized carbons (Fsp3) is 0.118. The molecule has 128 valence electrons. The number of ether oxygens (including phenoxy) is 1. The minimum Gasteiger partial charge on any atom is -0.467 e. The van der Waals surface area contributed by atoms with Gasteiger partial charge in [-0.1, -0.05) is 23.7 Å². The first kappa shape index (κ1) is 16.9. The van der Waals surface area contributed by atoms with Crippen LogP contribution in [0.1, 0.15) is 11.6 Å². The van der Waals surface area contributed by atoms with Gasteiger partial charge in [-0.15, -0.1) is 0 Å². The molecule has 1 atom stereocenters. The predicted octanol–water partition coefficient (Wildman–Crippen LogP) is 4.10. The number of carbonyl (C=O) groups is 1. The van der Waals surface area contributed by atoms with Crippen molar-refractivity contribution in [1.29, 1.82) is 0 Å². The van der Waals surface area contributed by atoms with Crippen LogP contribution < -0.4 is 0 Å². The average molecular weight is 363 g/mol. The van der Waals surface area contributed by atoms with E-state index in [0.717, 1.165) is 6.07 Å². The number of rotatable bonds is 4. The average Bonchev–Trinajstić information content (AvgIpc) is 3.00. The van der Waals surface area contributed by atoms with Gasteiger partial charge < -0.3 is 9.30 Å². The van der Waals surface area contributed by atoms with Crippen LogP contribution in [0.5, 0.6) is 0 Å². The zero-order valence-corrected chi connectivity index (χ0v) is 13.7. The summed E-state index contributed by atoms with van der Waals surface area (Å²) >= 11 is 6.11. The maximum absolute atomic E-state index is 13.3. The highest BCUT2D eigenvalue weighted by atomic mass is 35.5. The molecule has 0 saturated carbocycles. The molecule has 0 radical (unpaired) electrons. The van der Waals surface area contributed by atoms with Crippen LogP contribution in [0.25, 0.3) is 10.9 Å². The fourth-order valence-corrected chi connectivity index (χ4v) is 3.05. The molecule has 8 heteroatoms. The minimum atomic E-state index is -1.00. The summed E-state index contributed by atoms with van der Waals surface area (Å²) in [6.07, 6.45) is 1.54. The normalized spacial score (nSPS) is 12.1. The highest BCUT2D eigenvalue weighted by Crippen LogP contribution is 2.33. The molecule has 0 aliphatic carbocycles. The third kappa shape index (κ3) is 2.94. The van der Waals surface area contributed by atoms with E-state index in [4.69, 9.17) is 16.3 Å². The Kier molecular flexibility index (Phi) is 4.41. The summed E-state index contributed by atoms with van der Waals surface area (Å²) in [6.45, 7) is 0. The molecule has 1 aromatic heterocycles. The second-order valence-corrected chi connectivity index (χ2v) is 5.69. The Balaban J connectivity index is 2.25. The molecule has 0 fully saturated rings. The van der Waals surface area contributed by atoms with Gasteiger partial charge in [0, 0.05) is 22.8 Å². The molecule has 1 heterocycles. The Morgan fingerprint density at radius 2 is 2.08 bits per heavy atom. The molecule has 1 unspecified atom stereocenters. The van der Waals surface area contributed by atoms with Crippen LogP contribution in [0.3, 0.4) is 0 Å². The number of methoxy groups -OCH3 is 1. The van der Waals surface area contributed by atoms with E-state index in [9.17, 15) is 19.3 Å². The molecule has 2 aromatic carbocycles. The van der Waals surface area contributed by atoms with Gasteiger partial charge in [-0.25, -0.2) is 9.18 Å². The summed E-state index contributed by atoms with van der Waals surface area (Å²) in [6, 6.07) is 8.77. The second-order valence-electron chi connectivity index (χ2n) is 5.28. The van der Waals surface area contributed by atoms with Crippen molar-refractivity contribution < 1.29 is 18.8 Å². The number of halogens is 2. The summed E-state index contributed by atoms with van der Waals surface area (Å²) in [4.78, 5) is 23.1. The first-order valence-electron chi connectivity index (χ1n) is 7.20. The van der Waals surface area contributed by atoms with Crippen molar-refractivity contribution in [2.45, 2.75) is 6.04 Å². The lowest BCUT2D eigenvalue weighted by Gasteiger charge is -2.19. The van der Waals surface area contributed by atoms with Crippen molar-refractivity contribution in [2.24, 2.45) is 0 Å². The molecule has 25 heavy (non-hydrogen) atoms. The number of esters is 1. The Hall–Kier alpha value is -2.93. The molecule has 0 aliphatic heterocycles. The van der Waals surface area contributed by atoms with E-state index in [1.165, 1.54) is 35.9 Å². The standard InChI is InChI=1S/C17H12ClFN2O4/c1-25-17(22)16(11-6-5-10(19)9-13(11)18)20-8-7-12-14(20)3-2-4-15(12)21(23)24/h2-9,16H,1H3. The molecule has 0 N–H and O–H groups in total. The van der Waals surface area contributed by atoms with Crippen LogP contribution in [0.2, 0.25) is 5.02 Å². The van der Waals surface area contributed by atoms with E-state index in [-0.39, 0.29) is 10.7 Å². The number of hydrogen-bond acceptors (Lipinski definition) is 4. The molecular formula is C17H12ClFN2O4. The maximum Gasteiger partial charge on any atom is 0.333 e. The first-order valence-corrected chi connectivity index (χ1v) is 7.58. The van der Waals surface area contributed by atoms with Gasteiger partial charge in [0.1, 0.15) is 5.82 Å². The van der Waals surface area contributed by atoms with Gasteiger partial charge in [-0.05, 0) is 24.3 Å². The van der Waals surface area contributed by atoms with Crippen LogP contribution >= 0.6 is 11.6 Å². The molecule has 0 spiro atoms. The topological polar surface area (TPSA) is 74.4 Å². The maximum atomic E-state index is 13.3. The van der Waals surface area contributed by atoms with Gasteiger partial charge in [0.15, 0.2) is 6.04 Å². The molecule has 0 bridgehead atoms. The Morgan fingerprint density at radius 1 is 1.32 bits per heavy atom. The van der Waals surface area contributed by atoms with Gasteiger partial charge in [-0.3, -0.25) is 10.1 Å². The Labute approximate surface area is 146 Å². The van der Waals surface area contributed by atoms with Crippen LogP contribution in [0, 0.1) is 15.9 Å². The lowest BCUT2D eigenvalue weighted by Crippen LogP contribution is -2.22. The highest BCUT2D eigenvalue weighted by Gasteiger charge is 2.28. The van der Waals surface area contributed by atoms with E-state index in [1.807, 2.05) is 0 Å².